The lowest BCUT2D eigenvalue weighted by Crippen LogP contribution is -2.05. The van der Waals surface area contributed by atoms with Gasteiger partial charge in [0.05, 0.1) is 17.0 Å². The predicted octanol–water partition coefficient (Wildman–Crippen LogP) is 5.30. The number of halogens is 3. The molecule has 0 bridgehead atoms. The Morgan fingerprint density at radius 3 is 2.52 bits per heavy atom. The number of phenols is 1. The summed E-state index contributed by atoms with van der Waals surface area (Å²) in [5.74, 6) is -3.55. The molecule has 27 heavy (non-hydrogen) atoms. The first kappa shape index (κ1) is 19.5. The van der Waals surface area contributed by atoms with Crippen molar-refractivity contribution in [3.8, 4) is 5.75 Å². The summed E-state index contributed by atoms with van der Waals surface area (Å²) in [5.41, 5.74) is 2.94. The van der Waals surface area contributed by atoms with Crippen LogP contribution in [0.5, 0.6) is 5.75 Å². The zero-order chi connectivity index (χ0) is 19.7. The summed E-state index contributed by atoms with van der Waals surface area (Å²) < 4.78 is 26.8. The number of rotatable bonds is 6. The van der Waals surface area contributed by atoms with Crippen molar-refractivity contribution >= 4 is 40.2 Å². The van der Waals surface area contributed by atoms with Gasteiger partial charge in [0.1, 0.15) is 5.75 Å². The molecule has 2 aromatic carbocycles. The van der Waals surface area contributed by atoms with Crippen molar-refractivity contribution in [3.05, 3.63) is 58.2 Å². The fourth-order valence-corrected chi connectivity index (χ4v) is 3.75. The highest BCUT2D eigenvalue weighted by Gasteiger charge is 2.18. The Labute approximate surface area is 163 Å². The lowest BCUT2D eigenvalue weighted by atomic mass is 10.1. The highest BCUT2D eigenvalue weighted by atomic mass is 35.5. The monoisotopic (exact) mass is 411 g/mol. The number of carboxylic acid groups (broad SMARTS) is 1. The first-order valence-electron chi connectivity index (χ1n) is 8.02. The van der Waals surface area contributed by atoms with Crippen LogP contribution in [0.2, 0.25) is 5.02 Å². The summed E-state index contributed by atoms with van der Waals surface area (Å²) in [5, 5.41) is 19.9. The fourth-order valence-electron chi connectivity index (χ4n) is 3.09. The molecule has 0 saturated carbocycles. The molecular formula is C19H16ClF2NO3S. The molecular weight excluding hydrogens is 396 g/mol. The number of thioether (sulfide) groups is 1. The smallest absolute Gasteiger partial charge is 0.307 e. The largest absolute Gasteiger partial charge is 0.506 e. The molecule has 0 saturated heterocycles. The zero-order valence-corrected chi connectivity index (χ0v) is 15.8. The van der Waals surface area contributed by atoms with Crippen LogP contribution in [-0.2, 0) is 17.8 Å². The number of carbonyl (C=O) groups is 1. The van der Waals surface area contributed by atoms with Gasteiger partial charge >= 0.3 is 5.97 Å². The van der Waals surface area contributed by atoms with Crippen LogP contribution in [0, 0.1) is 6.92 Å². The van der Waals surface area contributed by atoms with E-state index in [-0.39, 0.29) is 17.2 Å². The summed E-state index contributed by atoms with van der Waals surface area (Å²) in [6.45, 7) is 2.23. The highest BCUT2D eigenvalue weighted by Crippen LogP contribution is 2.35. The molecule has 2 N–H and O–H groups in total. The number of carboxylic acids is 1. The lowest BCUT2D eigenvalue weighted by Gasteiger charge is -2.10. The summed E-state index contributed by atoms with van der Waals surface area (Å²) in [4.78, 5) is 11.7. The Balaban J connectivity index is 2.04. The molecule has 0 aliphatic rings. The molecule has 0 fully saturated rings. The number of hydrogen-bond acceptors (Lipinski definition) is 3. The topological polar surface area (TPSA) is 62.5 Å². The van der Waals surface area contributed by atoms with Crippen molar-refractivity contribution in [1.29, 1.82) is 0 Å². The van der Waals surface area contributed by atoms with E-state index in [2.05, 4.69) is 0 Å². The number of nitrogens with zero attached hydrogens (tertiary/aromatic N) is 1. The molecule has 142 valence electrons. The van der Waals surface area contributed by atoms with Crippen molar-refractivity contribution in [2.24, 2.45) is 0 Å². The number of aromatic hydroxyl groups is 1. The number of hydrogen-bond donors (Lipinski definition) is 2. The number of benzene rings is 2. The van der Waals surface area contributed by atoms with Crippen molar-refractivity contribution < 1.29 is 23.8 Å². The van der Waals surface area contributed by atoms with Crippen LogP contribution in [0.4, 0.5) is 8.78 Å². The fraction of sp³-hybridized carbons (Fsp3) is 0.211. The van der Waals surface area contributed by atoms with Gasteiger partial charge < -0.3 is 14.8 Å². The second-order valence-electron chi connectivity index (χ2n) is 6.06. The Morgan fingerprint density at radius 1 is 1.26 bits per heavy atom. The van der Waals surface area contributed by atoms with Gasteiger partial charge in [-0.25, -0.2) is 0 Å². The third-order valence-corrected chi connectivity index (χ3v) is 5.37. The second kappa shape index (κ2) is 7.78. The van der Waals surface area contributed by atoms with Gasteiger partial charge in [-0.3, -0.25) is 4.79 Å². The average molecular weight is 412 g/mol. The Morgan fingerprint density at radius 2 is 1.93 bits per heavy atom. The van der Waals surface area contributed by atoms with Crippen LogP contribution in [-0.4, -0.2) is 26.5 Å². The van der Waals surface area contributed by atoms with Gasteiger partial charge in [-0.05, 0) is 42.3 Å². The van der Waals surface area contributed by atoms with E-state index in [0.29, 0.717) is 39.7 Å². The van der Waals surface area contributed by atoms with E-state index in [1.807, 2.05) is 11.5 Å². The first-order valence-corrected chi connectivity index (χ1v) is 9.27. The van der Waals surface area contributed by atoms with Crippen molar-refractivity contribution in [2.75, 3.05) is 0 Å². The number of aliphatic carboxylic acids is 1. The SMILES string of the molecule is Cc1c(CC(=O)O)c2cc(O)c(Cl)cc2n1Cc1ccc(SC(F)F)cc1. The van der Waals surface area contributed by atoms with Gasteiger partial charge in [0.15, 0.2) is 0 Å². The Kier molecular flexibility index (Phi) is 5.62. The van der Waals surface area contributed by atoms with Crippen molar-refractivity contribution in [2.45, 2.75) is 30.5 Å². The normalized spacial score (nSPS) is 11.4. The van der Waals surface area contributed by atoms with Crippen molar-refractivity contribution in [3.63, 3.8) is 0 Å². The molecule has 0 radical (unpaired) electrons. The van der Waals surface area contributed by atoms with E-state index in [4.69, 9.17) is 11.6 Å². The number of fused-ring (bicyclic) bond motifs is 1. The molecule has 4 nitrogen and oxygen atoms in total. The maximum absolute atomic E-state index is 12.5. The summed E-state index contributed by atoms with van der Waals surface area (Å²) in [6.07, 6.45) is -0.180. The maximum atomic E-state index is 12.5. The highest BCUT2D eigenvalue weighted by molar-refractivity contribution is 7.99. The number of aromatic nitrogens is 1. The van der Waals surface area contributed by atoms with Crippen LogP contribution < -0.4 is 0 Å². The zero-order valence-electron chi connectivity index (χ0n) is 14.2. The predicted molar refractivity (Wildman–Crippen MR) is 102 cm³/mol. The molecule has 0 aliphatic carbocycles. The van der Waals surface area contributed by atoms with Crippen LogP contribution in [0.15, 0.2) is 41.3 Å². The van der Waals surface area contributed by atoms with Gasteiger partial charge in [-0.1, -0.05) is 35.5 Å². The summed E-state index contributed by atoms with van der Waals surface area (Å²) in [6, 6.07) is 9.85. The van der Waals surface area contributed by atoms with Gasteiger partial charge in [0, 0.05) is 22.5 Å². The van der Waals surface area contributed by atoms with Gasteiger partial charge in [0.2, 0.25) is 0 Å². The van der Waals surface area contributed by atoms with Crippen LogP contribution in [0.3, 0.4) is 0 Å². The number of phenolic OH excluding ortho intramolecular Hbond substituents is 1. The van der Waals surface area contributed by atoms with E-state index >= 15 is 0 Å². The minimum Gasteiger partial charge on any atom is -0.506 e. The molecule has 8 heteroatoms. The Hall–Kier alpha value is -2.25. The summed E-state index contributed by atoms with van der Waals surface area (Å²) in [7, 11) is 0. The van der Waals surface area contributed by atoms with E-state index in [1.165, 1.54) is 6.07 Å². The van der Waals surface area contributed by atoms with Gasteiger partial charge in [-0.15, -0.1) is 0 Å². The molecule has 0 amide bonds. The second-order valence-corrected chi connectivity index (χ2v) is 7.53. The minimum absolute atomic E-state index is 0.110. The minimum atomic E-state index is -2.47. The molecule has 0 spiro atoms. The van der Waals surface area contributed by atoms with E-state index < -0.39 is 11.7 Å². The molecule has 3 rings (SSSR count). The van der Waals surface area contributed by atoms with Crippen LogP contribution >= 0.6 is 23.4 Å². The summed E-state index contributed by atoms with van der Waals surface area (Å²) >= 11 is 6.53. The van der Waals surface area contributed by atoms with E-state index in [9.17, 15) is 23.8 Å². The Bertz CT molecular complexity index is 1000. The standard InChI is InChI=1S/C19H16ClF2NO3S/c1-10-13(7-18(25)26)14-6-17(24)15(20)8-16(14)23(10)9-11-2-4-12(5-3-11)27-19(21)22/h2-6,8,19,24H,7,9H2,1H3,(H,25,26). The van der Waals surface area contributed by atoms with E-state index in [1.54, 1.807) is 30.3 Å². The quantitative estimate of drug-likeness (QED) is 0.540. The first-order chi connectivity index (χ1) is 12.8. The molecule has 3 aromatic rings. The molecule has 0 aliphatic heterocycles. The van der Waals surface area contributed by atoms with Gasteiger partial charge in [0.25, 0.3) is 5.76 Å². The van der Waals surface area contributed by atoms with E-state index in [0.717, 1.165) is 11.3 Å². The molecule has 1 aromatic heterocycles. The third kappa shape index (κ3) is 4.20. The molecule has 0 unspecified atom stereocenters. The van der Waals surface area contributed by atoms with Crippen LogP contribution in [0.1, 0.15) is 16.8 Å². The number of alkyl halides is 2. The van der Waals surface area contributed by atoms with Gasteiger partial charge in [-0.2, -0.15) is 8.78 Å². The molecule has 1 heterocycles. The average Bonchev–Trinajstić information content (AvgIpc) is 2.82. The molecule has 0 atom stereocenters. The maximum Gasteiger partial charge on any atom is 0.307 e. The lowest BCUT2D eigenvalue weighted by molar-refractivity contribution is -0.136. The van der Waals surface area contributed by atoms with Crippen molar-refractivity contribution in [1.82, 2.24) is 4.57 Å². The third-order valence-electron chi connectivity index (χ3n) is 4.34. The van der Waals surface area contributed by atoms with Crippen LogP contribution in [0.25, 0.3) is 10.9 Å².